The summed E-state index contributed by atoms with van der Waals surface area (Å²) in [6.45, 7) is -0.375. The van der Waals surface area contributed by atoms with Gasteiger partial charge in [0.2, 0.25) is 0 Å². The maximum absolute atomic E-state index is 12.0. The predicted molar refractivity (Wildman–Crippen MR) is 51.5 cm³/mol. The van der Waals surface area contributed by atoms with Crippen molar-refractivity contribution in [2.45, 2.75) is 6.36 Å². The van der Waals surface area contributed by atoms with Crippen LogP contribution in [-0.2, 0) is 0 Å². The van der Waals surface area contributed by atoms with Crippen molar-refractivity contribution >= 4 is 5.69 Å². The molecule has 0 aliphatic carbocycles. The van der Waals surface area contributed by atoms with Gasteiger partial charge in [-0.1, -0.05) is 11.8 Å². The van der Waals surface area contributed by atoms with Crippen LogP contribution in [0.15, 0.2) is 18.2 Å². The topological polar surface area (TPSA) is 55.5 Å². The van der Waals surface area contributed by atoms with Gasteiger partial charge in [0.1, 0.15) is 6.61 Å². The largest absolute Gasteiger partial charge is 0.573 e. The number of hydrogen-bond acceptors (Lipinski definition) is 3. The molecule has 3 N–H and O–H groups in total. The molecule has 0 fully saturated rings. The van der Waals surface area contributed by atoms with Crippen molar-refractivity contribution in [2.75, 3.05) is 12.3 Å². The molecule has 16 heavy (non-hydrogen) atoms. The number of hydrogen-bond donors (Lipinski definition) is 2. The van der Waals surface area contributed by atoms with Gasteiger partial charge in [0.05, 0.1) is 5.69 Å². The molecule has 0 unspecified atom stereocenters. The highest BCUT2D eigenvalue weighted by Crippen LogP contribution is 2.28. The van der Waals surface area contributed by atoms with E-state index in [4.69, 9.17) is 10.8 Å². The summed E-state index contributed by atoms with van der Waals surface area (Å²) in [6.07, 6.45) is -4.79. The van der Waals surface area contributed by atoms with Crippen LogP contribution in [0.25, 0.3) is 0 Å². The van der Waals surface area contributed by atoms with Crippen molar-refractivity contribution in [1.82, 2.24) is 0 Å². The third-order valence-corrected chi connectivity index (χ3v) is 1.55. The van der Waals surface area contributed by atoms with Crippen molar-refractivity contribution in [3.05, 3.63) is 23.8 Å². The second-order valence-electron chi connectivity index (χ2n) is 2.76. The van der Waals surface area contributed by atoms with E-state index in [1.807, 2.05) is 0 Å². The number of nitrogens with two attached hydrogens (primary N) is 1. The number of ether oxygens (including phenoxy) is 1. The van der Waals surface area contributed by atoms with E-state index in [1.54, 1.807) is 0 Å². The molecule has 0 spiro atoms. The fourth-order valence-electron chi connectivity index (χ4n) is 0.967. The molecule has 0 aromatic heterocycles. The Bertz CT molecular complexity index is 432. The second kappa shape index (κ2) is 4.77. The Labute approximate surface area is 89.6 Å². The summed E-state index contributed by atoms with van der Waals surface area (Å²) in [7, 11) is 0. The van der Waals surface area contributed by atoms with Crippen LogP contribution >= 0.6 is 0 Å². The SMILES string of the molecule is Nc1ccc(C#CCO)cc1OC(F)(F)F. The zero-order chi connectivity index (χ0) is 12.2. The lowest BCUT2D eigenvalue weighted by atomic mass is 10.2. The summed E-state index contributed by atoms with van der Waals surface area (Å²) in [5, 5.41) is 8.43. The van der Waals surface area contributed by atoms with E-state index in [0.29, 0.717) is 0 Å². The van der Waals surface area contributed by atoms with Gasteiger partial charge in [0, 0.05) is 5.56 Å². The van der Waals surface area contributed by atoms with Gasteiger partial charge in [-0.05, 0) is 18.2 Å². The molecular weight excluding hydrogens is 223 g/mol. The first-order valence-corrected chi connectivity index (χ1v) is 4.17. The predicted octanol–water partition coefficient (Wildman–Crippen LogP) is 1.51. The standard InChI is InChI=1S/C10H8F3NO2/c11-10(12,13)16-9-6-7(2-1-5-15)3-4-8(9)14/h3-4,6,15H,5,14H2. The highest BCUT2D eigenvalue weighted by molar-refractivity contribution is 5.56. The molecule has 0 aliphatic heterocycles. The molecule has 86 valence electrons. The number of aliphatic hydroxyl groups excluding tert-OH is 1. The summed E-state index contributed by atoms with van der Waals surface area (Å²) in [6, 6.07) is 3.75. The molecule has 0 amide bonds. The molecule has 0 heterocycles. The zero-order valence-electron chi connectivity index (χ0n) is 8.01. The van der Waals surface area contributed by atoms with Gasteiger partial charge >= 0.3 is 6.36 Å². The summed E-state index contributed by atoms with van der Waals surface area (Å²) < 4.78 is 39.6. The van der Waals surface area contributed by atoms with Gasteiger partial charge in [-0.25, -0.2) is 0 Å². The van der Waals surface area contributed by atoms with Crippen LogP contribution in [0.2, 0.25) is 0 Å². The van der Waals surface area contributed by atoms with Gasteiger partial charge < -0.3 is 15.6 Å². The highest BCUT2D eigenvalue weighted by atomic mass is 19.4. The van der Waals surface area contributed by atoms with Gasteiger partial charge in [0.15, 0.2) is 5.75 Å². The highest BCUT2D eigenvalue weighted by Gasteiger charge is 2.31. The van der Waals surface area contributed by atoms with Crippen molar-refractivity contribution in [3.8, 4) is 17.6 Å². The Balaban J connectivity index is 2.99. The molecule has 1 aromatic carbocycles. The molecule has 6 heteroatoms. The van der Waals surface area contributed by atoms with E-state index in [-0.39, 0.29) is 17.9 Å². The number of anilines is 1. The Kier molecular flexibility index (Phi) is 3.64. The second-order valence-corrected chi connectivity index (χ2v) is 2.76. The molecular formula is C10H8F3NO2. The molecule has 0 aliphatic rings. The van der Waals surface area contributed by atoms with Crippen LogP contribution in [0.1, 0.15) is 5.56 Å². The number of halogens is 3. The van der Waals surface area contributed by atoms with E-state index >= 15 is 0 Å². The van der Waals surface area contributed by atoms with E-state index < -0.39 is 12.1 Å². The molecule has 0 bridgehead atoms. The normalized spacial score (nSPS) is 10.5. The molecule has 1 rings (SSSR count). The quantitative estimate of drug-likeness (QED) is 0.569. The van der Waals surface area contributed by atoms with Crippen molar-refractivity contribution in [1.29, 1.82) is 0 Å². The van der Waals surface area contributed by atoms with Gasteiger partial charge in [0.25, 0.3) is 0 Å². The van der Waals surface area contributed by atoms with Crippen LogP contribution in [0, 0.1) is 11.8 Å². The minimum atomic E-state index is -4.79. The van der Waals surface area contributed by atoms with E-state index in [0.717, 1.165) is 6.07 Å². The van der Waals surface area contributed by atoms with Crippen molar-refractivity contribution < 1.29 is 23.0 Å². The van der Waals surface area contributed by atoms with Crippen LogP contribution in [0.3, 0.4) is 0 Å². The maximum atomic E-state index is 12.0. The number of aliphatic hydroxyl groups is 1. The van der Waals surface area contributed by atoms with E-state index in [9.17, 15) is 13.2 Å². The Morgan fingerprint density at radius 2 is 2.06 bits per heavy atom. The number of nitrogen functional groups attached to an aromatic ring is 1. The first-order valence-electron chi connectivity index (χ1n) is 4.17. The Morgan fingerprint density at radius 1 is 1.38 bits per heavy atom. The first-order chi connectivity index (χ1) is 7.42. The van der Waals surface area contributed by atoms with E-state index in [1.165, 1.54) is 12.1 Å². The lowest BCUT2D eigenvalue weighted by molar-refractivity contribution is -0.274. The van der Waals surface area contributed by atoms with Crippen molar-refractivity contribution in [2.24, 2.45) is 0 Å². The first kappa shape index (κ1) is 12.2. The zero-order valence-corrected chi connectivity index (χ0v) is 8.01. The summed E-state index contributed by atoms with van der Waals surface area (Å²) >= 11 is 0. The third kappa shape index (κ3) is 3.71. The van der Waals surface area contributed by atoms with Crippen LogP contribution in [0.4, 0.5) is 18.9 Å². The van der Waals surface area contributed by atoms with Gasteiger partial charge in [-0.2, -0.15) is 0 Å². The number of rotatable bonds is 1. The summed E-state index contributed by atoms with van der Waals surface area (Å²) in [5.74, 6) is 4.24. The monoisotopic (exact) mass is 231 g/mol. The smallest absolute Gasteiger partial charge is 0.404 e. The van der Waals surface area contributed by atoms with Gasteiger partial charge in [-0.3, -0.25) is 0 Å². The average molecular weight is 231 g/mol. The Morgan fingerprint density at radius 3 is 2.62 bits per heavy atom. The Hall–Kier alpha value is -1.87. The van der Waals surface area contributed by atoms with Crippen LogP contribution < -0.4 is 10.5 Å². The fraction of sp³-hybridized carbons (Fsp3) is 0.200. The average Bonchev–Trinajstić information content (AvgIpc) is 2.17. The van der Waals surface area contributed by atoms with E-state index in [2.05, 4.69) is 16.6 Å². The van der Waals surface area contributed by atoms with Gasteiger partial charge in [-0.15, -0.1) is 13.2 Å². The number of benzene rings is 1. The van der Waals surface area contributed by atoms with Crippen molar-refractivity contribution in [3.63, 3.8) is 0 Å². The minimum Gasteiger partial charge on any atom is -0.404 e. The lowest BCUT2D eigenvalue weighted by Gasteiger charge is -2.10. The fourth-order valence-corrected chi connectivity index (χ4v) is 0.967. The lowest BCUT2D eigenvalue weighted by Crippen LogP contribution is -2.18. The third-order valence-electron chi connectivity index (χ3n) is 1.55. The molecule has 1 aromatic rings. The maximum Gasteiger partial charge on any atom is 0.573 e. The summed E-state index contributed by atoms with van der Waals surface area (Å²) in [5.41, 5.74) is 5.45. The minimum absolute atomic E-state index is 0.133. The molecule has 0 radical (unpaired) electrons. The van der Waals surface area contributed by atoms with Crippen LogP contribution in [0.5, 0.6) is 5.75 Å². The molecule has 0 saturated heterocycles. The molecule has 0 saturated carbocycles. The number of alkyl halides is 3. The molecule has 0 atom stereocenters. The summed E-state index contributed by atoms with van der Waals surface area (Å²) in [4.78, 5) is 0. The van der Waals surface area contributed by atoms with Crippen LogP contribution in [-0.4, -0.2) is 18.1 Å². The molecule has 3 nitrogen and oxygen atoms in total.